The van der Waals surface area contributed by atoms with Crippen molar-refractivity contribution in [2.75, 3.05) is 6.54 Å². The molecule has 5 nitrogen and oxygen atoms in total. The highest BCUT2D eigenvalue weighted by molar-refractivity contribution is 5.95. The van der Waals surface area contributed by atoms with E-state index >= 15 is 0 Å². The van der Waals surface area contributed by atoms with E-state index in [9.17, 15) is 4.79 Å². The summed E-state index contributed by atoms with van der Waals surface area (Å²) in [6, 6.07) is 7.89. The van der Waals surface area contributed by atoms with E-state index in [1.54, 1.807) is 12.5 Å². The summed E-state index contributed by atoms with van der Waals surface area (Å²) in [5.41, 5.74) is 8.97. The van der Waals surface area contributed by atoms with Crippen molar-refractivity contribution < 1.29 is 4.79 Å². The van der Waals surface area contributed by atoms with Crippen LogP contribution in [0.2, 0.25) is 0 Å². The van der Waals surface area contributed by atoms with Crippen LogP contribution in [-0.2, 0) is 0 Å². The molecule has 126 valence electrons. The number of aromatic amines is 1. The van der Waals surface area contributed by atoms with Gasteiger partial charge in [-0.25, -0.2) is 4.98 Å². The molecule has 2 aromatic rings. The van der Waals surface area contributed by atoms with Gasteiger partial charge in [-0.05, 0) is 37.0 Å². The molecule has 1 saturated heterocycles. The van der Waals surface area contributed by atoms with Crippen LogP contribution in [0.15, 0.2) is 36.8 Å². The summed E-state index contributed by atoms with van der Waals surface area (Å²) in [5.74, 6) is 0.126. The van der Waals surface area contributed by atoms with Crippen LogP contribution in [0, 0.1) is 0 Å². The second-order valence-electron chi connectivity index (χ2n) is 7.21. The molecule has 1 aromatic heterocycles. The standard InChI is InChI=1S/C19H24N4O/c20-16-10-19(8-2-1-3-9-19)23(12-16)18(24)15-6-4-14(5-7-15)17-11-21-13-22-17/h4-7,11,13,16H,1-3,8-10,12,20H2,(H,21,22). The molecule has 2 fully saturated rings. The largest absolute Gasteiger partial charge is 0.345 e. The van der Waals surface area contributed by atoms with E-state index < -0.39 is 0 Å². The normalized spacial score (nSPS) is 22.9. The molecule has 1 spiro atoms. The molecule has 0 radical (unpaired) electrons. The first-order chi connectivity index (χ1) is 11.7. The molecule has 5 heteroatoms. The topological polar surface area (TPSA) is 75.0 Å². The van der Waals surface area contributed by atoms with E-state index in [0.29, 0.717) is 6.54 Å². The van der Waals surface area contributed by atoms with Gasteiger partial charge in [-0.1, -0.05) is 31.4 Å². The SMILES string of the molecule is NC1CN(C(=O)c2ccc(-c3cnc[nH]3)cc2)C2(CCCCC2)C1. The van der Waals surface area contributed by atoms with Crippen LogP contribution in [0.5, 0.6) is 0 Å². The highest BCUT2D eigenvalue weighted by Crippen LogP contribution is 2.42. The minimum absolute atomic E-state index is 0.00318. The quantitative estimate of drug-likeness (QED) is 0.892. The Bertz CT molecular complexity index is 701. The van der Waals surface area contributed by atoms with Crippen molar-refractivity contribution in [3.05, 3.63) is 42.4 Å². The Labute approximate surface area is 142 Å². The van der Waals surface area contributed by atoms with Crippen LogP contribution >= 0.6 is 0 Å². The van der Waals surface area contributed by atoms with Gasteiger partial charge in [-0.2, -0.15) is 0 Å². The third-order valence-electron chi connectivity index (χ3n) is 5.60. The van der Waals surface area contributed by atoms with Crippen LogP contribution in [0.4, 0.5) is 0 Å². The third kappa shape index (κ3) is 2.63. The highest BCUT2D eigenvalue weighted by atomic mass is 16.2. The number of nitrogens with two attached hydrogens (primary N) is 1. The number of benzene rings is 1. The number of H-pyrrole nitrogens is 1. The Kier molecular flexibility index (Phi) is 3.88. The first-order valence-corrected chi connectivity index (χ1v) is 8.84. The van der Waals surface area contributed by atoms with Gasteiger partial charge in [0.15, 0.2) is 0 Å². The molecule has 1 aromatic carbocycles. The van der Waals surface area contributed by atoms with E-state index in [1.807, 2.05) is 24.3 Å². The molecule has 1 saturated carbocycles. The lowest BCUT2D eigenvalue weighted by Crippen LogP contribution is -2.48. The van der Waals surface area contributed by atoms with E-state index in [1.165, 1.54) is 19.3 Å². The number of hydrogen-bond donors (Lipinski definition) is 2. The summed E-state index contributed by atoms with van der Waals surface area (Å²) in [5, 5.41) is 0. The number of likely N-dealkylation sites (tertiary alicyclic amines) is 1. The number of nitrogens with one attached hydrogen (secondary N) is 1. The average molecular weight is 324 g/mol. The number of hydrogen-bond acceptors (Lipinski definition) is 3. The van der Waals surface area contributed by atoms with Crippen LogP contribution in [0.25, 0.3) is 11.3 Å². The van der Waals surface area contributed by atoms with Gasteiger partial charge in [0.2, 0.25) is 0 Å². The molecule has 1 atom stereocenters. The Morgan fingerprint density at radius 1 is 1.21 bits per heavy atom. The minimum atomic E-state index is -0.00318. The first-order valence-electron chi connectivity index (χ1n) is 8.84. The zero-order valence-electron chi connectivity index (χ0n) is 13.9. The average Bonchev–Trinajstić information content (AvgIpc) is 3.24. The Balaban J connectivity index is 1.58. The summed E-state index contributed by atoms with van der Waals surface area (Å²) in [4.78, 5) is 22.3. The Morgan fingerprint density at radius 2 is 1.96 bits per heavy atom. The molecule has 1 unspecified atom stereocenters. The maximum absolute atomic E-state index is 13.1. The molecular weight excluding hydrogens is 300 g/mol. The summed E-state index contributed by atoms with van der Waals surface area (Å²) >= 11 is 0. The lowest BCUT2D eigenvalue weighted by Gasteiger charge is -2.41. The van der Waals surface area contributed by atoms with Crippen molar-refractivity contribution in [3.63, 3.8) is 0 Å². The monoisotopic (exact) mass is 324 g/mol. The van der Waals surface area contributed by atoms with Gasteiger partial charge in [0, 0.05) is 23.7 Å². The molecule has 3 N–H and O–H groups in total. The van der Waals surface area contributed by atoms with E-state index in [4.69, 9.17) is 5.73 Å². The lowest BCUT2D eigenvalue weighted by molar-refractivity contribution is 0.0500. The molecule has 0 bridgehead atoms. The molecular formula is C19H24N4O. The van der Waals surface area contributed by atoms with Crippen LogP contribution in [0.3, 0.4) is 0 Å². The molecule has 1 aliphatic heterocycles. The van der Waals surface area contributed by atoms with Gasteiger partial charge in [0.1, 0.15) is 0 Å². The number of rotatable bonds is 2. The fraction of sp³-hybridized carbons (Fsp3) is 0.474. The summed E-state index contributed by atoms with van der Waals surface area (Å²) in [6.45, 7) is 0.682. The lowest BCUT2D eigenvalue weighted by atomic mass is 9.79. The third-order valence-corrected chi connectivity index (χ3v) is 5.60. The number of imidazole rings is 1. The van der Waals surface area contributed by atoms with E-state index in [0.717, 1.165) is 36.1 Å². The van der Waals surface area contributed by atoms with Gasteiger partial charge >= 0.3 is 0 Å². The van der Waals surface area contributed by atoms with Gasteiger partial charge in [0.05, 0.1) is 18.2 Å². The van der Waals surface area contributed by atoms with Crippen molar-refractivity contribution in [1.82, 2.24) is 14.9 Å². The Hall–Kier alpha value is -2.14. The minimum Gasteiger partial charge on any atom is -0.345 e. The van der Waals surface area contributed by atoms with E-state index in [2.05, 4.69) is 14.9 Å². The fourth-order valence-electron chi connectivity index (χ4n) is 4.44. The van der Waals surface area contributed by atoms with Crippen molar-refractivity contribution in [1.29, 1.82) is 0 Å². The Morgan fingerprint density at radius 3 is 2.62 bits per heavy atom. The van der Waals surface area contributed by atoms with Gasteiger partial charge in [-0.3, -0.25) is 4.79 Å². The highest BCUT2D eigenvalue weighted by Gasteiger charge is 2.47. The molecule has 24 heavy (non-hydrogen) atoms. The van der Waals surface area contributed by atoms with Crippen molar-refractivity contribution in [3.8, 4) is 11.3 Å². The molecule has 2 aliphatic rings. The smallest absolute Gasteiger partial charge is 0.254 e. The molecule has 1 amide bonds. The molecule has 4 rings (SSSR count). The second kappa shape index (κ2) is 6.06. The zero-order valence-corrected chi connectivity index (χ0v) is 13.9. The summed E-state index contributed by atoms with van der Waals surface area (Å²) in [7, 11) is 0. The van der Waals surface area contributed by atoms with Crippen LogP contribution in [-0.4, -0.2) is 38.9 Å². The maximum Gasteiger partial charge on any atom is 0.254 e. The number of aromatic nitrogens is 2. The predicted octanol–water partition coefficient (Wildman–Crippen LogP) is 2.95. The maximum atomic E-state index is 13.1. The predicted molar refractivity (Wildman–Crippen MR) is 93.5 cm³/mol. The summed E-state index contributed by atoms with van der Waals surface area (Å²) < 4.78 is 0. The van der Waals surface area contributed by atoms with E-state index in [-0.39, 0.29) is 17.5 Å². The second-order valence-corrected chi connectivity index (χ2v) is 7.21. The fourth-order valence-corrected chi connectivity index (χ4v) is 4.44. The summed E-state index contributed by atoms with van der Waals surface area (Å²) in [6.07, 6.45) is 10.3. The van der Waals surface area contributed by atoms with Gasteiger partial charge in [0.25, 0.3) is 5.91 Å². The van der Waals surface area contributed by atoms with Gasteiger partial charge < -0.3 is 15.6 Å². The number of amides is 1. The zero-order chi connectivity index (χ0) is 16.6. The number of carbonyl (C=O) groups is 1. The first kappa shape index (κ1) is 15.4. The molecule has 1 aliphatic carbocycles. The van der Waals surface area contributed by atoms with Crippen molar-refractivity contribution in [2.24, 2.45) is 5.73 Å². The molecule has 2 heterocycles. The van der Waals surface area contributed by atoms with Crippen molar-refractivity contribution in [2.45, 2.75) is 50.1 Å². The van der Waals surface area contributed by atoms with Crippen molar-refractivity contribution >= 4 is 5.91 Å². The van der Waals surface area contributed by atoms with Gasteiger partial charge in [-0.15, -0.1) is 0 Å². The number of carbonyl (C=O) groups excluding carboxylic acids is 1. The van der Waals surface area contributed by atoms with Crippen LogP contribution in [0.1, 0.15) is 48.9 Å². The number of nitrogens with zero attached hydrogens (tertiary/aromatic N) is 2. The van der Waals surface area contributed by atoms with Crippen LogP contribution < -0.4 is 5.73 Å².